The van der Waals surface area contributed by atoms with Crippen LogP contribution in [0.2, 0.25) is 0 Å². The molecular weight excluding hydrogens is 625 g/mol. The minimum atomic E-state index is -0.638. The van der Waals surface area contributed by atoms with Crippen LogP contribution in [0, 0.1) is 36.0 Å². The van der Waals surface area contributed by atoms with Crippen molar-refractivity contribution in [3.63, 3.8) is 0 Å². The van der Waals surface area contributed by atoms with Crippen molar-refractivity contribution < 1.29 is 22.0 Å². The quantitative estimate of drug-likeness (QED) is 0.111. The lowest BCUT2D eigenvalue weighted by Gasteiger charge is -2.26. The summed E-state index contributed by atoms with van der Waals surface area (Å²) < 4.78 is 68.4. The molecule has 242 valence electrons. The molecule has 0 spiro atoms. The summed E-state index contributed by atoms with van der Waals surface area (Å²) in [7, 11) is 0. The standard InChI is InChI=1S/C43H30F5N/c1-29-20-33(22-36(44)21-29)5-2-30-8-14-41(15-9-30)49(42-16-10-31(11-17-42)3-6-34-23-37(45)27-38(46)24-34)43-18-12-32(13-19-43)4-7-35-25-39(47)28-40(48)26-35/h2-28H,1H3/b5-2+,6-3+,7-4+. The third-order valence-corrected chi connectivity index (χ3v) is 7.69. The van der Waals surface area contributed by atoms with Crippen LogP contribution < -0.4 is 4.90 Å². The number of benzene rings is 6. The van der Waals surface area contributed by atoms with E-state index in [1.165, 1.54) is 36.4 Å². The molecule has 6 aromatic rings. The molecule has 0 unspecified atom stereocenters. The number of rotatable bonds is 9. The molecule has 0 saturated carbocycles. The Hall–Kier alpha value is -6.01. The predicted molar refractivity (Wildman–Crippen MR) is 192 cm³/mol. The van der Waals surface area contributed by atoms with Crippen LogP contribution in [0.15, 0.2) is 127 Å². The fourth-order valence-corrected chi connectivity index (χ4v) is 5.43. The molecule has 49 heavy (non-hydrogen) atoms. The van der Waals surface area contributed by atoms with Gasteiger partial charge in [-0.05, 0) is 119 Å². The zero-order valence-electron chi connectivity index (χ0n) is 26.4. The highest BCUT2D eigenvalue weighted by molar-refractivity contribution is 5.80. The number of anilines is 3. The van der Waals surface area contributed by atoms with Gasteiger partial charge in [0.1, 0.15) is 29.1 Å². The van der Waals surface area contributed by atoms with Gasteiger partial charge in [0.25, 0.3) is 0 Å². The monoisotopic (exact) mass is 655 g/mol. The molecule has 0 heterocycles. The zero-order chi connectivity index (χ0) is 34.3. The molecule has 6 aromatic carbocycles. The highest BCUT2D eigenvalue weighted by Crippen LogP contribution is 2.35. The van der Waals surface area contributed by atoms with Crippen LogP contribution in [-0.2, 0) is 0 Å². The van der Waals surface area contributed by atoms with Crippen molar-refractivity contribution in [1.29, 1.82) is 0 Å². The number of hydrogen-bond donors (Lipinski definition) is 0. The fourth-order valence-electron chi connectivity index (χ4n) is 5.43. The molecule has 0 amide bonds. The summed E-state index contributed by atoms with van der Waals surface area (Å²) in [4.78, 5) is 2.08. The largest absolute Gasteiger partial charge is 0.311 e. The molecule has 0 bridgehead atoms. The summed E-state index contributed by atoms with van der Waals surface area (Å²) in [5, 5.41) is 0. The summed E-state index contributed by atoms with van der Waals surface area (Å²) >= 11 is 0. The number of halogens is 5. The van der Waals surface area contributed by atoms with Crippen molar-refractivity contribution in [3.8, 4) is 0 Å². The van der Waals surface area contributed by atoms with Crippen molar-refractivity contribution >= 4 is 53.5 Å². The predicted octanol–water partition coefficient (Wildman–Crippen LogP) is 12.7. The number of nitrogens with zero attached hydrogens (tertiary/aromatic N) is 1. The third kappa shape index (κ3) is 8.87. The zero-order valence-corrected chi connectivity index (χ0v) is 26.4. The highest BCUT2D eigenvalue weighted by Gasteiger charge is 2.12. The van der Waals surface area contributed by atoms with Gasteiger partial charge in [0.05, 0.1) is 0 Å². The van der Waals surface area contributed by atoms with Gasteiger partial charge in [0, 0.05) is 29.2 Å². The smallest absolute Gasteiger partial charge is 0.126 e. The van der Waals surface area contributed by atoms with Gasteiger partial charge in [-0.2, -0.15) is 0 Å². The average Bonchev–Trinajstić information content (AvgIpc) is 3.06. The normalized spacial score (nSPS) is 11.6. The van der Waals surface area contributed by atoms with Crippen LogP contribution in [-0.4, -0.2) is 0 Å². The number of hydrogen-bond acceptors (Lipinski definition) is 1. The molecule has 0 radical (unpaired) electrons. The Morgan fingerprint density at radius 3 is 0.898 bits per heavy atom. The summed E-state index contributed by atoms with van der Waals surface area (Å²) in [5.74, 6) is -2.83. The summed E-state index contributed by atoms with van der Waals surface area (Å²) in [6, 6.07) is 35.1. The van der Waals surface area contributed by atoms with Gasteiger partial charge in [-0.1, -0.05) is 78.9 Å². The Morgan fingerprint density at radius 1 is 0.327 bits per heavy atom. The minimum Gasteiger partial charge on any atom is -0.311 e. The Morgan fingerprint density at radius 2 is 0.592 bits per heavy atom. The Kier molecular flexibility index (Phi) is 9.96. The van der Waals surface area contributed by atoms with Gasteiger partial charge in [-0.3, -0.25) is 0 Å². The van der Waals surface area contributed by atoms with Gasteiger partial charge < -0.3 is 4.90 Å². The maximum absolute atomic E-state index is 13.9. The van der Waals surface area contributed by atoms with Crippen molar-refractivity contribution in [2.24, 2.45) is 0 Å². The number of aryl methyl sites for hydroxylation is 1. The van der Waals surface area contributed by atoms with Gasteiger partial charge in [0.2, 0.25) is 0 Å². The van der Waals surface area contributed by atoms with Crippen molar-refractivity contribution in [3.05, 3.63) is 195 Å². The molecule has 0 fully saturated rings. The van der Waals surface area contributed by atoms with Crippen molar-refractivity contribution in [1.82, 2.24) is 0 Å². The van der Waals surface area contributed by atoms with Gasteiger partial charge >= 0.3 is 0 Å². The molecule has 0 saturated heterocycles. The van der Waals surface area contributed by atoms with E-state index in [0.29, 0.717) is 11.1 Å². The molecule has 0 atom stereocenters. The summed E-state index contributed by atoms with van der Waals surface area (Å²) in [6.45, 7) is 1.85. The van der Waals surface area contributed by atoms with Crippen molar-refractivity contribution in [2.45, 2.75) is 6.92 Å². The van der Waals surface area contributed by atoms with Crippen LogP contribution in [0.4, 0.5) is 39.0 Å². The van der Waals surface area contributed by atoms with Crippen LogP contribution >= 0.6 is 0 Å². The first-order valence-corrected chi connectivity index (χ1v) is 15.5. The van der Waals surface area contributed by atoms with Crippen LogP contribution in [0.25, 0.3) is 36.5 Å². The van der Waals surface area contributed by atoms with E-state index in [9.17, 15) is 22.0 Å². The lowest BCUT2D eigenvalue weighted by molar-refractivity contribution is 0.582. The molecule has 1 nitrogen and oxygen atoms in total. The first-order valence-electron chi connectivity index (χ1n) is 15.5. The lowest BCUT2D eigenvalue weighted by atomic mass is 10.1. The average molecular weight is 656 g/mol. The van der Waals surface area contributed by atoms with Gasteiger partial charge in [0.15, 0.2) is 0 Å². The van der Waals surface area contributed by atoms with E-state index in [-0.39, 0.29) is 5.82 Å². The highest BCUT2D eigenvalue weighted by atomic mass is 19.1. The second kappa shape index (κ2) is 14.8. The first kappa shape index (κ1) is 32.9. The summed E-state index contributed by atoms with van der Waals surface area (Å²) in [6.07, 6.45) is 10.7. The van der Waals surface area contributed by atoms with Gasteiger partial charge in [-0.25, -0.2) is 22.0 Å². The lowest BCUT2D eigenvalue weighted by Crippen LogP contribution is -2.09. The van der Waals surface area contributed by atoms with E-state index in [2.05, 4.69) is 4.90 Å². The Labute approximate surface area is 282 Å². The van der Waals surface area contributed by atoms with Crippen molar-refractivity contribution in [2.75, 3.05) is 4.90 Å². The first-order chi connectivity index (χ1) is 23.7. The summed E-state index contributed by atoms with van der Waals surface area (Å²) in [5.41, 5.74) is 7.70. The van der Waals surface area contributed by atoms with E-state index < -0.39 is 23.3 Å². The molecule has 0 aliphatic rings. The van der Waals surface area contributed by atoms with E-state index in [0.717, 1.165) is 57.0 Å². The molecule has 0 aromatic heterocycles. The Balaban J connectivity index is 1.28. The van der Waals surface area contributed by atoms with E-state index in [4.69, 9.17) is 0 Å². The van der Waals surface area contributed by atoms with E-state index in [1.54, 1.807) is 24.3 Å². The van der Waals surface area contributed by atoms with E-state index >= 15 is 0 Å². The topological polar surface area (TPSA) is 3.24 Å². The molecule has 6 rings (SSSR count). The molecular formula is C43H30F5N. The molecule has 0 aliphatic heterocycles. The SMILES string of the molecule is Cc1cc(F)cc(/C=C/c2ccc(N(c3ccc(/C=C/c4cc(F)cc(F)c4)cc3)c3ccc(/C=C/c4cc(F)cc(F)c4)cc3)cc2)c1. The van der Waals surface area contributed by atoms with E-state index in [1.807, 2.05) is 97.9 Å². The molecule has 0 N–H and O–H groups in total. The van der Waals surface area contributed by atoms with Crippen LogP contribution in [0.5, 0.6) is 0 Å². The maximum atomic E-state index is 13.9. The van der Waals surface area contributed by atoms with Gasteiger partial charge in [-0.15, -0.1) is 0 Å². The second-order valence-electron chi connectivity index (χ2n) is 11.6. The van der Waals surface area contributed by atoms with Crippen LogP contribution in [0.1, 0.15) is 38.9 Å². The molecule has 0 aliphatic carbocycles. The second-order valence-corrected chi connectivity index (χ2v) is 11.6. The minimum absolute atomic E-state index is 0.278. The molecule has 6 heteroatoms. The third-order valence-electron chi connectivity index (χ3n) is 7.69. The fraction of sp³-hybridized carbons (Fsp3) is 0.0233. The maximum Gasteiger partial charge on any atom is 0.126 e. The van der Waals surface area contributed by atoms with Crippen LogP contribution in [0.3, 0.4) is 0 Å². The Bertz CT molecular complexity index is 1850.